The van der Waals surface area contributed by atoms with Gasteiger partial charge in [-0.3, -0.25) is 4.79 Å². The molecule has 1 atom stereocenters. The third-order valence-electron chi connectivity index (χ3n) is 4.09. The second-order valence-electron chi connectivity index (χ2n) is 6.25. The summed E-state index contributed by atoms with van der Waals surface area (Å²) in [4.78, 5) is 12.0. The number of aromatic nitrogens is 1. The van der Waals surface area contributed by atoms with Gasteiger partial charge >= 0.3 is 0 Å². The molecule has 2 rings (SSSR count). The Balaban J connectivity index is 0.00000312. The van der Waals surface area contributed by atoms with E-state index in [-0.39, 0.29) is 29.6 Å². The third kappa shape index (κ3) is 6.03. The minimum atomic E-state index is -0.226. The molecule has 0 saturated carbocycles. The van der Waals surface area contributed by atoms with Crippen molar-refractivity contribution in [2.45, 2.75) is 45.6 Å². The Labute approximate surface area is 159 Å². The molecule has 1 heterocycles. The highest BCUT2D eigenvalue weighted by molar-refractivity contribution is 6.29. The molecule has 0 aliphatic carbocycles. The minimum Gasteiger partial charge on any atom is -0.354 e. The zero-order valence-electron chi connectivity index (χ0n) is 14.7. The van der Waals surface area contributed by atoms with Gasteiger partial charge in [-0.1, -0.05) is 43.3 Å². The van der Waals surface area contributed by atoms with Gasteiger partial charge in [0, 0.05) is 24.6 Å². The summed E-state index contributed by atoms with van der Waals surface area (Å²) in [6, 6.07) is 7.98. The SMILES string of the molecule is Cc1noc(Cl)c1CCC(=O)NCC(N)c1ccc(C(C)C)cc1.Cl. The average Bonchev–Trinajstić information content (AvgIpc) is 2.89. The molecular formula is C18H25Cl2N3O2. The van der Waals surface area contributed by atoms with Crippen LogP contribution in [0.2, 0.25) is 5.22 Å². The number of nitrogens with two attached hydrogens (primary N) is 1. The average molecular weight is 386 g/mol. The molecule has 1 unspecified atom stereocenters. The predicted molar refractivity (Wildman–Crippen MR) is 102 cm³/mol. The van der Waals surface area contributed by atoms with Crippen LogP contribution in [0.5, 0.6) is 0 Å². The Kier molecular flexibility index (Phi) is 8.42. The van der Waals surface area contributed by atoms with Crippen molar-refractivity contribution in [1.29, 1.82) is 0 Å². The van der Waals surface area contributed by atoms with Gasteiger partial charge in [0.25, 0.3) is 0 Å². The fourth-order valence-electron chi connectivity index (χ4n) is 2.44. The van der Waals surface area contributed by atoms with E-state index in [0.29, 0.717) is 25.3 Å². The van der Waals surface area contributed by atoms with Crippen molar-refractivity contribution in [3.05, 3.63) is 51.9 Å². The summed E-state index contributed by atoms with van der Waals surface area (Å²) in [6.07, 6.45) is 0.819. The molecule has 0 radical (unpaired) electrons. The van der Waals surface area contributed by atoms with Gasteiger partial charge in [-0.2, -0.15) is 0 Å². The Morgan fingerprint density at radius 3 is 2.40 bits per heavy atom. The van der Waals surface area contributed by atoms with Crippen molar-refractivity contribution in [1.82, 2.24) is 10.5 Å². The van der Waals surface area contributed by atoms with Gasteiger partial charge in [0.15, 0.2) is 0 Å². The number of carbonyl (C=O) groups excluding carboxylic acids is 1. The molecule has 138 valence electrons. The van der Waals surface area contributed by atoms with Gasteiger partial charge in [0.1, 0.15) is 0 Å². The first-order chi connectivity index (χ1) is 11.4. The highest BCUT2D eigenvalue weighted by Gasteiger charge is 2.13. The van der Waals surface area contributed by atoms with E-state index < -0.39 is 0 Å². The Morgan fingerprint density at radius 2 is 1.88 bits per heavy atom. The molecule has 1 aromatic carbocycles. The zero-order chi connectivity index (χ0) is 17.7. The lowest BCUT2D eigenvalue weighted by Gasteiger charge is -2.14. The molecule has 0 bridgehead atoms. The predicted octanol–water partition coefficient (Wildman–Crippen LogP) is 3.93. The quantitative estimate of drug-likeness (QED) is 0.756. The molecule has 25 heavy (non-hydrogen) atoms. The fourth-order valence-corrected chi connectivity index (χ4v) is 2.70. The number of nitrogens with one attached hydrogen (secondary N) is 1. The molecule has 3 N–H and O–H groups in total. The summed E-state index contributed by atoms with van der Waals surface area (Å²) in [6.45, 7) is 6.51. The lowest BCUT2D eigenvalue weighted by atomic mass is 9.99. The number of nitrogens with zero attached hydrogens (tertiary/aromatic N) is 1. The standard InChI is InChI=1S/C18H24ClN3O2.ClH/c1-11(2)13-4-6-14(7-5-13)16(20)10-21-17(23)9-8-15-12(3)22-24-18(15)19;/h4-7,11,16H,8-10,20H2,1-3H3,(H,21,23);1H. The smallest absolute Gasteiger partial charge is 0.229 e. The summed E-state index contributed by atoms with van der Waals surface area (Å²) in [5.74, 6) is 0.420. The first-order valence-corrected chi connectivity index (χ1v) is 8.49. The maximum Gasteiger partial charge on any atom is 0.229 e. The van der Waals surface area contributed by atoms with Crippen molar-refractivity contribution in [3.63, 3.8) is 0 Å². The van der Waals surface area contributed by atoms with Gasteiger partial charge in [-0.25, -0.2) is 0 Å². The van der Waals surface area contributed by atoms with Crippen molar-refractivity contribution in [2.75, 3.05) is 6.54 Å². The molecule has 5 nitrogen and oxygen atoms in total. The van der Waals surface area contributed by atoms with Crippen LogP contribution in [0.3, 0.4) is 0 Å². The Bertz CT molecular complexity index is 665. The monoisotopic (exact) mass is 385 g/mol. The first-order valence-electron chi connectivity index (χ1n) is 8.11. The molecular weight excluding hydrogens is 361 g/mol. The van der Waals surface area contributed by atoms with Crippen LogP contribution in [-0.4, -0.2) is 17.6 Å². The number of rotatable bonds is 7. The highest BCUT2D eigenvalue weighted by Crippen LogP contribution is 2.20. The highest BCUT2D eigenvalue weighted by atomic mass is 35.5. The van der Waals surface area contributed by atoms with Crippen LogP contribution in [0, 0.1) is 6.92 Å². The van der Waals surface area contributed by atoms with Crippen LogP contribution in [0.4, 0.5) is 0 Å². The summed E-state index contributed by atoms with van der Waals surface area (Å²) in [5, 5.41) is 6.88. The topological polar surface area (TPSA) is 81.2 Å². The summed E-state index contributed by atoms with van der Waals surface area (Å²) in [5.41, 5.74) is 9.93. The number of benzene rings is 1. The van der Waals surface area contributed by atoms with Crippen molar-refractivity contribution < 1.29 is 9.32 Å². The van der Waals surface area contributed by atoms with Gasteiger partial charge in [-0.05, 0) is 42.0 Å². The molecule has 0 spiro atoms. The van der Waals surface area contributed by atoms with E-state index in [9.17, 15) is 4.79 Å². The fraction of sp³-hybridized carbons (Fsp3) is 0.444. The van der Waals surface area contributed by atoms with Crippen LogP contribution >= 0.6 is 24.0 Å². The molecule has 0 fully saturated rings. The largest absolute Gasteiger partial charge is 0.354 e. The second-order valence-corrected chi connectivity index (χ2v) is 6.60. The van der Waals surface area contributed by atoms with Crippen molar-refractivity contribution in [3.8, 4) is 0 Å². The van der Waals surface area contributed by atoms with E-state index in [1.807, 2.05) is 12.1 Å². The van der Waals surface area contributed by atoms with Crippen LogP contribution < -0.4 is 11.1 Å². The zero-order valence-corrected chi connectivity index (χ0v) is 16.3. The molecule has 1 amide bonds. The number of hydrogen-bond donors (Lipinski definition) is 2. The number of aryl methyl sites for hydroxylation is 1. The van der Waals surface area contributed by atoms with E-state index in [1.165, 1.54) is 5.56 Å². The summed E-state index contributed by atoms with van der Waals surface area (Å²) >= 11 is 5.89. The number of amides is 1. The van der Waals surface area contributed by atoms with Crippen molar-refractivity contribution >= 4 is 29.9 Å². The molecule has 0 saturated heterocycles. The van der Waals surface area contributed by atoms with Crippen molar-refractivity contribution in [2.24, 2.45) is 5.73 Å². The molecule has 1 aromatic heterocycles. The maximum absolute atomic E-state index is 12.0. The molecule has 2 aromatic rings. The van der Waals surface area contributed by atoms with Gasteiger partial charge in [0.2, 0.25) is 11.1 Å². The lowest BCUT2D eigenvalue weighted by Crippen LogP contribution is -2.32. The minimum absolute atomic E-state index is 0. The van der Waals surface area contributed by atoms with Gasteiger partial charge in [-0.15, -0.1) is 12.4 Å². The lowest BCUT2D eigenvalue weighted by molar-refractivity contribution is -0.121. The van der Waals surface area contributed by atoms with Crippen LogP contribution in [0.15, 0.2) is 28.8 Å². The maximum atomic E-state index is 12.0. The van der Waals surface area contributed by atoms with E-state index in [4.69, 9.17) is 21.9 Å². The second kappa shape index (κ2) is 9.80. The summed E-state index contributed by atoms with van der Waals surface area (Å²) < 4.78 is 4.87. The van der Waals surface area contributed by atoms with Gasteiger partial charge in [0.05, 0.1) is 5.69 Å². The van der Waals surface area contributed by atoms with Gasteiger partial charge < -0.3 is 15.6 Å². The molecule has 0 aliphatic heterocycles. The number of hydrogen-bond acceptors (Lipinski definition) is 4. The van der Waals surface area contributed by atoms with E-state index in [2.05, 4.69) is 36.5 Å². The Hall–Kier alpha value is -1.56. The van der Waals surface area contributed by atoms with Crippen LogP contribution in [0.1, 0.15) is 54.6 Å². The summed E-state index contributed by atoms with van der Waals surface area (Å²) in [7, 11) is 0. The van der Waals surface area contributed by atoms with Crippen LogP contribution in [-0.2, 0) is 11.2 Å². The molecule has 7 heteroatoms. The third-order valence-corrected chi connectivity index (χ3v) is 4.39. The first kappa shape index (κ1) is 21.5. The Morgan fingerprint density at radius 1 is 1.28 bits per heavy atom. The normalized spacial score (nSPS) is 11.9. The van der Waals surface area contributed by atoms with E-state index in [1.54, 1.807) is 6.92 Å². The van der Waals surface area contributed by atoms with Crippen LogP contribution in [0.25, 0.3) is 0 Å². The van der Waals surface area contributed by atoms with E-state index in [0.717, 1.165) is 16.8 Å². The molecule has 0 aliphatic rings. The van der Waals surface area contributed by atoms with E-state index >= 15 is 0 Å². The number of halogens is 2. The number of carbonyl (C=O) groups is 1.